The Morgan fingerprint density at radius 1 is 1.21 bits per heavy atom. The number of ether oxygens (including phenoxy) is 1. The molecule has 2 rings (SSSR count). The lowest BCUT2D eigenvalue weighted by Crippen LogP contribution is -2.36. The van der Waals surface area contributed by atoms with E-state index in [0.717, 1.165) is 32.1 Å². The molecule has 1 N–H and O–H groups in total. The Morgan fingerprint density at radius 2 is 1.91 bits per heavy atom. The van der Waals surface area contributed by atoms with Crippen molar-refractivity contribution in [3.63, 3.8) is 0 Å². The van der Waals surface area contributed by atoms with Crippen molar-refractivity contribution in [3.8, 4) is 0 Å². The largest absolute Gasteiger partial charge is 0.469 e. The molecule has 184 valence electrons. The molecule has 33 heavy (non-hydrogen) atoms. The maximum absolute atomic E-state index is 14.1. The average molecular weight is 466 g/mol. The summed E-state index contributed by atoms with van der Waals surface area (Å²) in [5.41, 5.74) is 1.25. The van der Waals surface area contributed by atoms with Crippen molar-refractivity contribution in [1.29, 1.82) is 0 Å². The number of methoxy groups -OCH3 is 1. The number of benzene rings is 1. The number of alkyl halides is 2. The molecule has 1 aliphatic heterocycles. The van der Waals surface area contributed by atoms with Gasteiger partial charge in [-0.15, -0.1) is 0 Å². The highest BCUT2D eigenvalue weighted by molar-refractivity contribution is 5.86. The summed E-state index contributed by atoms with van der Waals surface area (Å²) >= 11 is 0. The number of hydrogen-bond donors (Lipinski definition) is 1. The molecule has 7 heteroatoms. The van der Waals surface area contributed by atoms with Gasteiger partial charge in [0.05, 0.1) is 19.3 Å². The van der Waals surface area contributed by atoms with E-state index in [0.29, 0.717) is 19.3 Å². The molecule has 1 aliphatic rings. The summed E-state index contributed by atoms with van der Waals surface area (Å²) in [6.45, 7) is 2.19. The summed E-state index contributed by atoms with van der Waals surface area (Å²) in [4.78, 5) is 24.5. The van der Waals surface area contributed by atoms with Gasteiger partial charge in [0, 0.05) is 19.4 Å². The molecule has 0 bridgehead atoms. The lowest BCUT2D eigenvalue weighted by atomic mass is 9.95. The molecule has 3 atom stereocenters. The van der Waals surface area contributed by atoms with Crippen molar-refractivity contribution in [2.24, 2.45) is 5.92 Å². The molecule has 0 unspecified atom stereocenters. The van der Waals surface area contributed by atoms with E-state index in [1.807, 2.05) is 25.1 Å². The van der Waals surface area contributed by atoms with Crippen LogP contribution in [0.5, 0.6) is 0 Å². The summed E-state index contributed by atoms with van der Waals surface area (Å²) in [5.74, 6) is -4.78. The Morgan fingerprint density at radius 3 is 2.61 bits per heavy atom. The van der Waals surface area contributed by atoms with Crippen molar-refractivity contribution >= 4 is 11.9 Å². The van der Waals surface area contributed by atoms with E-state index in [1.165, 1.54) is 17.6 Å². The van der Waals surface area contributed by atoms with Crippen molar-refractivity contribution in [1.82, 2.24) is 4.90 Å². The molecular formula is C26H37F2NO4. The van der Waals surface area contributed by atoms with Gasteiger partial charge in [0.1, 0.15) is 0 Å². The first kappa shape index (κ1) is 27.0. The molecule has 0 aliphatic carbocycles. The first-order chi connectivity index (χ1) is 15.7. The van der Waals surface area contributed by atoms with E-state index in [4.69, 9.17) is 0 Å². The number of esters is 1. The molecule has 1 amide bonds. The lowest BCUT2D eigenvalue weighted by molar-refractivity contribution is -0.148. The van der Waals surface area contributed by atoms with E-state index in [-0.39, 0.29) is 18.4 Å². The van der Waals surface area contributed by atoms with Crippen LogP contribution < -0.4 is 0 Å². The molecule has 0 aromatic heterocycles. The third kappa shape index (κ3) is 8.88. The lowest BCUT2D eigenvalue weighted by Gasteiger charge is -2.22. The number of rotatable bonds is 14. The number of aliphatic hydroxyl groups excluding tert-OH is 1. The van der Waals surface area contributed by atoms with E-state index >= 15 is 0 Å². The minimum Gasteiger partial charge on any atom is -0.469 e. The van der Waals surface area contributed by atoms with Gasteiger partial charge in [0.2, 0.25) is 0 Å². The predicted molar refractivity (Wildman–Crippen MR) is 124 cm³/mol. The van der Waals surface area contributed by atoms with Crippen LogP contribution in [0.25, 0.3) is 0 Å². The zero-order chi connectivity index (χ0) is 24.3. The number of aliphatic hydroxyl groups is 1. The second-order valence-corrected chi connectivity index (χ2v) is 8.95. The SMILES string of the molecule is COC(=O)CCCCCCN1C(=O)C(F)(F)C[C@@H]1C=C[C@@H](O)[C@H](C)CCCc1ccccc1. The van der Waals surface area contributed by atoms with Gasteiger partial charge >= 0.3 is 11.9 Å². The minimum absolute atomic E-state index is 0.00848. The molecule has 1 aromatic rings. The molecule has 5 nitrogen and oxygen atoms in total. The maximum atomic E-state index is 14.1. The Kier molecular flexibility index (Phi) is 11.0. The highest BCUT2D eigenvalue weighted by atomic mass is 19.3. The summed E-state index contributed by atoms with van der Waals surface area (Å²) in [6, 6.07) is 9.42. The predicted octanol–water partition coefficient (Wildman–Crippen LogP) is 4.92. The van der Waals surface area contributed by atoms with Crippen molar-refractivity contribution < 1.29 is 28.2 Å². The van der Waals surface area contributed by atoms with Crippen LogP contribution >= 0.6 is 0 Å². The summed E-state index contributed by atoms with van der Waals surface area (Å²) in [5, 5.41) is 10.5. The van der Waals surface area contributed by atoms with E-state index in [9.17, 15) is 23.5 Å². The van der Waals surface area contributed by atoms with Crippen LogP contribution in [0, 0.1) is 5.92 Å². The van der Waals surface area contributed by atoms with Gasteiger partial charge in [0.15, 0.2) is 0 Å². The smallest absolute Gasteiger partial charge is 0.327 e. The molecule has 1 fully saturated rings. The highest BCUT2D eigenvalue weighted by Gasteiger charge is 2.52. The molecule has 1 heterocycles. The van der Waals surface area contributed by atoms with Crippen LogP contribution in [0.3, 0.4) is 0 Å². The van der Waals surface area contributed by atoms with Gasteiger partial charge in [-0.3, -0.25) is 9.59 Å². The van der Waals surface area contributed by atoms with Crippen LogP contribution in [0.2, 0.25) is 0 Å². The number of nitrogens with zero attached hydrogens (tertiary/aromatic N) is 1. The van der Waals surface area contributed by atoms with Crippen LogP contribution in [-0.4, -0.2) is 53.6 Å². The number of aryl methyl sites for hydroxylation is 1. The maximum Gasteiger partial charge on any atom is 0.327 e. The second-order valence-electron chi connectivity index (χ2n) is 8.95. The fourth-order valence-electron chi connectivity index (χ4n) is 4.14. The normalized spacial score (nSPS) is 19.7. The molecule has 0 spiro atoms. The minimum atomic E-state index is -3.37. The van der Waals surface area contributed by atoms with Crippen LogP contribution in [0.15, 0.2) is 42.5 Å². The summed E-state index contributed by atoms with van der Waals surface area (Å²) in [7, 11) is 1.34. The Balaban J connectivity index is 1.79. The Labute approximate surface area is 195 Å². The van der Waals surface area contributed by atoms with Gasteiger partial charge < -0.3 is 14.7 Å². The van der Waals surface area contributed by atoms with Gasteiger partial charge in [0.25, 0.3) is 5.91 Å². The first-order valence-corrected chi connectivity index (χ1v) is 11.9. The van der Waals surface area contributed by atoms with Crippen LogP contribution in [0.1, 0.15) is 63.9 Å². The molecule has 0 saturated carbocycles. The first-order valence-electron chi connectivity index (χ1n) is 11.9. The Bertz CT molecular complexity index is 769. The molecule has 1 saturated heterocycles. The van der Waals surface area contributed by atoms with Gasteiger partial charge in [-0.1, -0.05) is 62.2 Å². The van der Waals surface area contributed by atoms with Crippen molar-refractivity contribution in [3.05, 3.63) is 48.0 Å². The van der Waals surface area contributed by atoms with E-state index in [2.05, 4.69) is 16.9 Å². The number of carbonyl (C=O) groups is 2. The zero-order valence-electron chi connectivity index (χ0n) is 19.7. The standard InChI is InChI=1S/C26H37F2NO4/c1-20(11-10-14-21-12-6-5-7-13-21)23(30)17-16-22-19-26(27,28)25(32)29(22)18-9-4-3-8-15-24(31)33-2/h5-7,12-13,16-17,20,22-23,30H,3-4,8-11,14-15,18-19H2,1-2H3/t20-,22+,23-/m1/s1. The zero-order valence-corrected chi connectivity index (χ0v) is 19.7. The summed E-state index contributed by atoms with van der Waals surface area (Å²) < 4.78 is 32.7. The number of amides is 1. The third-order valence-electron chi connectivity index (χ3n) is 6.28. The molecule has 1 aromatic carbocycles. The monoisotopic (exact) mass is 465 g/mol. The van der Waals surface area contributed by atoms with Crippen molar-refractivity contribution in [2.45, 2.75) is 82.8 Å². The number of likely N-dealkylation sites (tertiary alicyclic amines) is 1. The van der Waals surface area contributed by atoms with Crippen LogP contribution in [0.4, 0.5) is 8.78 Å². The average Bonchev–Trinajstić information content (AvgIpc) is 3.02. The second kappa shape index (κ2) is 13.4. The van der Waals surface area contributed by atoms with Gasteiger partial charge in [-0.05, 0) is 43.6 Å². The Hall–Kier alpha value is -2.28. The fraction of sp³-hybridized carbons (Fsp3) is 0.615. The molecule has 0 radical (unpaired) electrons. The molecular weight excluding hydrogens is 428 g/mol. The fourth-order valence-corrected chi connectivity index (χ4v) is 4.14. The third-order valence-corrected chi connectivity index (χ3v) is 6.28. The number of carbonyl (C=O) groups excluding carboxylic acids is 2. The quantitative estimate of drug-likeness (QED) is 0.241. The topological polar surface area (TPSA) is 66.8 Å². The van der Waals surface area contributed by atoms with Crippen molar-refractivity contribution in [2.75, 3.05) is 13.7 Å². The van der Waals surface area contributed by atoms with Gasteiger partial charge in [-0.25, -0.2) is 0 Å². The van der Waals surface area contributed by atoms with Gasteiger partial charge in [-0.2, -0.15) is 8.78 Å². The number of unbranched alkanes of at least 4 members (excludes halogenated alkanes) is 3. The summed E-state index contributed by atoms with van der Waals surface area (Å²) in [6.07, 6.45) is 7.61. The number of halogens is 2. The van der Waals surface area contributed by atoms with E-state index < -0.39 is 30.4 Å². The van der Waals surface area contributed by atoms with Crippen LogP contribution in [-0.2, 0) is 20.7 Å². The number of hydrogen-bond acceptors (Lipinski definition) is 4. The van der Waals surface area contributed by atoms with E-state index in [1.54, 1.807) is 12.2 Å². The highest BCUT2D eigenvalue weighted by Crippen LogP contribution is 2.34.